The Morgan fingerprint density at radius 2 is 2.31 bits per heavy atom. The molecule has 1 atom stereocenters. The number of rotatable bonds is 4. The van der Waals surface area contributed by atoms with Gasteiger partial charge in [0.15, 0.2) is 5.96 Å². The van der Waals surface area contributed by atoms with Crippen LogP contribution in [0.25, 0.3) is 0 Å². The second kappa shape index (κ2) is 7.33. The number of phosphoric ester groups is 1. The predicted octanol–water partition coefficient (Wildman–Crippen LogP) is -4.71. The Bertz CT molecular complexity index is 208. The van der Waals surface area contributed by atoms with Crippen LogP contribution in [0.3, 0.4) is 0 Å². The first kappa shape index (κ1) is 16.4. The summed E-state index contributed by atoms with van der Waals surface area (Å²) in [5.74, 6) is -0.197. The van der Waals surface area contributed by atoms with Crippen LogP contribution in [0.4, 0.5) is 0 Å². The van der Waals surface area contributed by atoms with E-state index in [-0.39, 0.29) is 70.5 Å². The number of likely N-dealkylation sites (N-methyl/N-ethyl adjacent to an activating group) is 1. The van der Waals surface area contributed by atoms with E-state index in [4.69, 9.17) is 16.0 Å². The summed E-state index contributed by atoms with van der Waals surface area (Å²) in [5, 5.41) is 6.87. The maximum Gasteiger partial charge on any atom is 1.00 e. The van der Waals surface area contributed by atoms with Gasteiger partial charge in [0.2, 0.25) is 0 Å². The fourth-order valence-corrected chi connectivity index (χ4v) is 0.726. The van der Waals surface area contributed by atoms with Gasteiger partial charge >= 0.3 is 51.4 Å². The SMILES string of the molecule is CN(CCOP(=O)([O-])O)C(=N)N.[K+]. The molecule has 0 aliphatic rings. The second-order valence-corrected chi connectivity index (χ2v) is 3.30. The van der Waals surface area contributed by atoms with Gasteiger partial charge in [-0.1, -0.05) is 0 Å². The zero-order valence-corrected chi connectivity index (χ0v) is 11.6. The molecule has 13 heavy (non-hydrogen) atoms. The second-order valence-electron chi connectivity index (χ2n) is 2.11. The van der Waals surface area contributed by atoms with Gasteiger partial charge < -0.3 is 24.9 Å². The van der Waals surface area contributed by atoms with Gasteiger partial charge in [-0.15, -0.1) is 0 Å². The van der Waals surface area contributed by atoms with E-state index < -0.39 is 7.82 Å². The van der Waals surface area contributed by atoms with Gasteiger partial charge in [0.05, 0.1) is 6.61 Å². The molecule has 0 fully saturated rings. The fraction of sp³-hybridized carbons (Fsp3) is 0.750. The first-order chi connectivity index (χ1) is 5.33. The zero-order chi connectivity index (χ0) is 9.78. The molecule has 9 heteroatoms. The standard InChI is InChI=1S/C4H12N3O4P.K/c1-7(4(5)6)2-3-11-12(8,9)10;/h2-3H2,1H3,(H3,5,6)(H2,8,9,10);/q;+1/p-1. The number of phosphoric acid groups is 1. The molecule has 72 valence electrons. The molecular formula is C4H11KN3O4P. The van der Waals surface area contributed by atoms with E-state index in [0.29, 0.717) is 0 Å². The third-order valence-corrected chi connectivity index (χ3v) is 1.60. The number of hydrogen-bond donors (Lipinski definition) is 3. The number of guanidine groups is 1. The molecule has 0 saturated carbocycles. The van der Waals surface area contributed by atoms with Crippen LogP contribution in [0.5, 0.6) is 0 Å². The molecule has 0 amide bonds. The maximum absolute atomic E-state index is 10.0. The average Bonchev–Trinajstić information content (AvgIpc) is 1.84. The van der Waals surface area contributed by atoms with E-state index in [1.165, 1.54) is 11.9 Å². The number of nitrogens with one attached hydrogen (secondary N) is 1. The van der Waals surface area contributed by atoms with Crippen LogP contribution in [-0.2, 0) is 9.09 Å². The minimum absolute atomic E-state index is 0. The molecule has 0 spiro atoms. The van der Waals surface area contributed by atoms with E-state index in [9.17, 15) is 9.46 Å². The fourth-order valence-electron chi connectivity index (χ4n) is 0.414. The van der Waals surface area contributed by atoms with Crippen LogP contribution in [0.15, 0.2) is 0 Å². The molecule has 0 saturated heterocycles. The normalized spacial score (nSPS) is 14.1. The molecule has 1 unspecified atom stereocenters. The van der Waals surface area contributed by atoms with Crippen molar-refractivity contribution in [2.45, 2.75) is 0 Å². The Morgan fingerprint density at radius 3 is 2.62 bits per heavy atom. The van der Waals surface area contributed by atoms with Crippen molar-refractivity contribution in [1.29, 1.82) is 5.41 Å². The summed E-state index contributed by atoms with van der Waals surface area (Å²) in [6.45, 7) is -0.102. The molecule has 0 heterocycles. The third kappa shape index (κ3) is 10.9. The molecule has 0 aromatic rings. The van der Waals surface area contributed by atoms with E-state index in [2.05, 4.69) is 4.52 Å². The summed E-state index contributed by atoms with van der Waals surface area (Å²) in [4.78, 5) is 19.5. The molecule has 0 aliphatic heterocycles. The smallest absolute Gasteiger partial charge is 0.756 e. The third-order valence-electron chi connectivity index (χ3n) is 1.09. The number of nitrogens with two attached hydrogens (primary N) is 1. The van der Waals surface area contributed by atoms with Crippen molar-refractivity contribution in [3.63, 3.8) is 0 Å². The Morgan fingerprint density at radius 1 is 1.85 bits per heavy atom. The maximum atomic E-state index is 10.0. The van der Waals surface area contributed by atoms with Crippen molar-refractivity contribution in [2.75, 3.05) is 20.2 Å². The summed E-state index contributed by atoms with van der Waals surface area (Å²) in [5.41, 5.74) is 5.03. The number of hydrogen-bond acceptors (Lipinski definition) is 4. The van der Waals surface area contributed by atoms with Crippen LogP contribution in [-0.4, -0.2) is 36.0 Å². The Balaban J connectivity index is 0. The summed E-state index contributed by atoms with van der Waals surface area (Å²) in [7, 11) is -3.14. The Kier molecular flexibility index (Phi) is 9.27. The molecular weight excluding hydrogens is 224 g/mol. The molecule has 0 rings (SSSR count). The van der Waals surface area contributed by atoms with Crippen molar-refractivity contribution in [2.24, 2.45) is 5.73 Å². The van der Waals surface area contributed by atoms with Crippen molar-refractivity contribution >= 4 is 13.8 Å². The minimum atomic E-state index is -4.64. The molecule has 0 bridgehead atoms. The quantitative estimate of drug-likeness (QED) is 0.195. The van der Waals surface area contributed by atoms with Crippen molar-refractivity contribution in [1.82, 2.24) is 4.90 Å². The van der Waals surface area contributed by atoms with Gasteiger partial charge in [-0.05, 0) is 0 Å². The monoisotopic (exact) mass is 235 g/mol. The molecule has 0 aromatic carbocycles. The first-order valence-electron chi connectivity index (χ1n) is 3.06. The Hall–Kier alpha value is 1.02. The van der Waals surface area contributed by atoms with Gasteiger partial charge in [0.25, 0.3) is 7.82 Å². The summed E-state index contributed by atoms with van der Waals surface area (Å²) >= 11 is 0. The van der Waals surface area contributed by atoms with Crippen LogP contribution >= 0.6 is 7.82 Å². The van der Waals surface area contributed by atoms with E-state index >= 15 is 0 Å². The summed E-state index contributed by atoms with van der Waals surface area (Å²) < 4.78 is 14.1. The Labute approximate surface area is 119 Å². The van der Waals surface area contributed by atoms with Gasteiger partial charge in [-0.3, -0.25) is 9.97 Å². The van der Waals surface area contributed by atoms with Crippen LogP contribution < -0.4 is 62.0 Å². The van der Waals surface area contributed by atoms with Crippen molar-refractivity contribution in [3.8, 4) is 0 Å². The van der Waals surface area contributed by atoms with Gasteiger partial charge in [0, 0.05) is 13.6 Å². The molecule has 0 radical (unpaired) electrons. The van der Waals surface area contributed by atoms with E-state index in [0.717, 1.165) is 0 Å². The van der Waals surface area contributed by atoms with Gasteiger partial charge in [-0.25, -0.2) is 0 Å². The molecule has 7 nitrogen and oxygen atoms in total. The predicted molar refractivity (Wildman–Crippen MR) is 40.3 cm³/mol. The van der Waals surface area contributed by atoms with Gasteiger partial charge in [-0.2, -0.15) is 0 Å². The van der Waals surface area contributed by atoms with Crippen molar-refractivity contribution < 1.29 is 70.3 Å². The first-order valence-corrected chi connectivity index (χ1v) is 4.56. The van der Waals surface area contributed by atoms with Crippen LogP contribution in [0, 0.1) is 5.41 Å². The zero-order valence-electron chi connectivity index (χ0n) is 7.56. The van der Waals surface area contributed by atoms with E-state index in [1.807, 2.05) is 0 Å². The summed E-state index contributed by atoms with van der Waals surface area (Å²) in [6, 6.07) is 0. The van der Waals surface area contributed by atoms with E-state index in [1.54, 1.807) is 0 Å². The van der Waals surface area contributed by atoms with Gasteiger partial charge in [0.1, 0.15) is 0 Å². The average molecular weight is 235 g/mol. The number of nitrogens with zero attached hydrogens (tertiary/aromatic N) is 1. The topological polar surface area (TPSA) is 123 Å². The largest absolute Gasteiger partial charge is 1.00 e. The molecule has 0 aromatic heterocycles. The van der Waals surface area contributed by atoms with Crippen LogP contribution in [0.1, 0.15) is 0 Å². The molecule has 4 N–H and O–H groups in total. The minimum Gasteiger partial charge on any atom is -0.756 e. The van der Waals surface area contributed by atoms with Crippen molar-refractivity contribution in [3.05, 3.63) is 0 Å². The van der Waals surface area contributed by atoms with Crippen LogP contribution in [0.2, 0.25) is 0 Å². The summed E-state index contributed by atoms with van der Waals surface area (Å²) in [6.07, 6.45) is 0. The molecule has 0 aliphatic carbocycles.